The lowest BCUT2D eigenvalue weighted by molar-refractivity contribution is -0.145. The number of fused-ring (bicyclic) bond motifs is 2. The Morgan fingerprint density at radius 1 is 1.06 bits per heavy atom. The molecule has 10 nitrogen and oxygen atoms in total. The van der Waals surface area contributed by atoms with E-state index in [1.165, 1.54) is 0 Å². The number of para-hydroxylation sites is 1. The highest BCUT2D eigenvalue weighted by Gasteiger charge is 2.62. The molecule has 0 bridgehead atoms. The standard InChI is InChI=1S/C23H26N2O8/c1-5-30-16(26)11-15-17(20(27)31-6-2)23(13-9-7-8-10-14(13)25-22(23)29)18(19(24)33-15)21(28)32-12(3)4/h7-10,12H,5-6,11,24H2,1-4H3,(H,25,29). The Bertz CT molecular complexity index is 1070. The molecule has 1 amide bonds. The van der Waals surface area contributed by atoms with Gasteiger partial charge in [-0.1, -0.05) is 18.2 Å². The van der Waals surface area contributed by atoms with Gasteiger partial charge in [-0.25, -0.2) is 9.59 Å². The number of rotatable bonds is 7. The van der Waals surface area contributed by atoms with Crippen LogP contribution in [0.3, 0.4) is 0 Å². The van der Waals surface area contributed by atoms with Crippen molar-refractivity contribution >= 4 is 29.5 Å². The third-order valence-corrected chi connectivity index (χ3v) is 5.06. The first-order valence-electron chi connectivity index (χ1n) is 10.5. The van der Waals surface area contributed by atoms with E-state index in [-0.39, 0.29) is 35.7 Å². The number of carbonyl (C=O) groups is 4. The van der Waals surface area contributed by atoms with Crippen LogP contribution in [0, 0.1) is 0 Å². The van der Waals surface area contributed by atoms with Gasteiger partial charge in [0.15, 0.2) is 0 Å². The smallest absolute Gasteiger partial charge is 0.341 e. The van der Waals surface area contributed by atoms with Gasteiger partial charge in [0.2, 0.25) is 11.8 Å². The molecule has 1 aromatic carbocycles. The summed E-state index contributed by atoms with van der Waals surface area (Å²) in [6.45, 7) is 6.52. The van der Waals surface area contributed by atoms with Gasteiger partial charge in [-0.2, -0.15) is 0 Å². The molecule has 1 aromatic rings. The monoisotopic (exact) mass is 458 g/mol. The molecule has 1 atom stereocenters. The van der Waals surface area contributed by atoms with E-state index in [0.29, 0.717) is 5.69 Å². The first kappa shape index (κ1) is 23.8. The predicted molar refractivity (Wildman–Crippen MR) is 115 cm³/mol. The highest BCUT2D eigenvalue weighted by atomic mass is 16.6. The normalized spacial score (nSPS) is 19.2. The van der Waals surface area contributed by atoms with Gasteiger partial charge in [-0.05, 0) is 33.8 Å². The third-order valence-electron chi connectivity index (χ3n) is 5.06. The van der Waals surface area contributed by atoms with Crippen molar-refractivity contribution in [2.75, 3.05) is 18.5 Å². The molecular formula is C23H26N2O8. The topological polar surface area (TPSA) is 143 Å². The van der Waals surface area contributed by atoms with Crippen LogP contribution < -0.4 is 11.1 Å². The fourth-order valence-corrected chi connectivity index (χ4v) is 3.97. The number of carbonyl (C=O) groups excluding carboxylic acids is 4. The van der Waals surface area contributed by atoms with E-state index in [1.807, 2.05) is 0 Å². The summed E-state index contributed by atoms with van der Waals surface area (Å²) in [4.78, 5) is 52.4. The third kappa shape index (κ3) is 4.04. The van der Waals surface area contributed by atoms with E-state index in [4.69, 9.17) is 24.7 Å². The summed E-state index contributed by atoms with van der Waals surface area (Å²) in [7, 11) is 0. The maximum Gasteiger partial charge on any atom is 0.341 e. The van der Waals surface area contributed by atoms with Crippen LogP contribution in [-0.4, -0.2) is 43.1 Å². The summed E-state index contributed by atoms with van der Waals surface area (Å²) in [5.74, 6) is -4.01. The Hall–Kier alpha value is -3.82. The van der Waals surface area contributed by atoms with E-state index < -0.39 is 47.6 Å². The van der Waals surface area contributed by atoms with Gasteiger partial charge in [-0.3, -0.25) is 9.59 Å². The summed E-state index contributed by atoms with van der Waals surface area (Å²) in [5, 5.41) is 2.69. The highest BCUT2D eigenvalue weighted by Crippen LogP contribution is 2.53. The molecular weight excluding hydrogens is 432 g/mol. The minimum Gasteiger partial charge on any atom is -0.466 e. The summed E-state index contributed by atoms with van der Waals surface area (Å²) in [5.41, 5.74) is 4.05. The zero-order valence-corrected chi connectivity index (χ0v) is 18.9. The van der Waals surface area contributed by atoms with Crippen LogP contribution in [0.5, 0.6) is 0 Å². The molecule has 0 saturated heterocycles. The summed E-state index contributed by atoms with van der Waals surface area (Å²) in [6.07, 6.45) is -1.06. The van der Waals surface area contributed by atoms with Gasteiger partial charge in [0, 0.05) is 11.3 Å². The van der Waals surface area contributed by atoms with Gasteiger partial charge in [-0.15, -0.1) is 0 Å². The number of amides is 1. The zero-order chi connectivity index (χ0) is 24.3. The van der Waals surface area contributed by atoms with E-state index >= 15 is 0 Å². The molecule has 33 heavy (non-hydrogen) atoms. The number of ether oxygens (including phenoxy) is 4. The lowest BCUT2D eigenvalue weighted by atomic mass is 9.67. The van der Waals surface area contributed by atoms with Crippen LogP contribution in [0.4, 0.5) is 5.69 Å². The summed E-state index contributed by atoms with van der Waals surface area (Å²) >= 11 is 0. The minimum atomic E-state index is -2.04. The van der Waals surface area contributed by atoms with Crippen LogP contribution >= 0.6 is 0 Å². The van der Waals surface area contributed by atoms with Crippen LogP contribution in [-0.2, 0) is 43.5 Å². The van der Waals surface area contributed by atoms with Crippen LogP contribution in [0.1, 0.15) is 39.7 Å². The van der Waals surface area contributed by atoms with Gasteiger partial charge < -0.3 is 30.0 Å². The summed E-state index contributed by atoms with van der Waals surface area (Å²) < 4.78 is 21.2. The molecule has 0 saturated carbocycles. The largest absolute Gasteiger partial charge is 0.466 e. The SMILES string of the molecule is CCOC(=O)CC1=C(C(=O)OCC)C2(C(=O)Nc3ccccc32)C(C(=O)OC(C)C)=C(N)O1. The molecule has 3 N–H and O–H groups in total. The lowest BCUT2D eigenvalue weighted by Gasteiger charge is -2.36. The van der Waals surface area contributed by atoms with Crippen molar-refractivity contribution in [3.63, 3.8) is 0 Å². The Morgan fingerprint density at radius 2 is 1.73 bits per heavy atom. The Morgan fingerprint density at radius 3 is 2.36 bits per heavy atom. The molecule has 176 valence electrons. The molecule has 0 fully saturated rings. The van der Waals surface area contributed by atoms with Gasteiger partial charge in [0.1, 0.15) is 28.7 Å². The van der Waals surface area contributed by atoms with Crippen molar-refractivity contribution in [2.45, 2.75) is 45.6 Å². The molecule has 10 heteroatoms. The van der Waals surface area contributed by atoms with Crippen LogP contribution in [0.25, 0.3) is 0 Å². The minimum absolute atomic E-state index is 0.0284. The van der Waals surface area contributed by atoms with Crippen LogP contribution in [0.15, 0.2) is 47.1 Å². The van der Waals surface area contributed by atoms with E-state index in [1.54, 1.807) is 52.0 Å². The first-order chi connectivity index (χ1) is 15.7. The lowest BCUT2D eigenvalue weighted by Crippen LogP contribution is -2.49. The van der Waals surface area contributed by atoms with E-state index in [9.17, 15) is 19.2 Å². The molecule has 1 spiro atoms. The molecule has 0 aromatic heterocycles. The highest BCUT2D eigenvalue weighted by molar-refractivity contribution is 6.21. The van der Waals surface area contributed by atoms with Crippen molar-refractivity contribution in [1.29, 1.82) is 0 Å². The molecule has 0 radical (unpaired) electrons. The second kappa shape index (κ2) is 9.35. The first-order valence-corrected chi connectivity index (χ1v) is 10.5. The fraction of sp³-hybridized carbons (Fsp3) is 0.391. The van der Waals surface area contributed by atoms with Crippen LogP contribution in [0.2, 0.25) is 0 Å². The van der Waals surface area contributed by atoms with Crippen molar-refractivity contribution in [3.05, 3.63) is 52.6 Å². The number of nitrogens with one attached hydrogen (secondary N) is 1. The Balaban J connectivity index is 2.36. The second-order valence-electron chi connectivity index (χ2n) is 7.55. The average molecular weight is 458 g/mol. The molecule has 2 aliphatic heterocycles. The molecule has 2 aliphatic rings. The number of nitrogens with two attached hydrogens (primary N) is 1. The van der Waals surface area contributed by atoms with Crippen molar-refractivity contribution in [3.8, 4) is 0 Å². The predicted octanol–water partition coefficient (Wildman–Crippen LogP) is 1.80. The molecule has 1 unspecified atom stereocenters. The van der Waals surface area contributed by atoms with Crippen molar-refractivity contribution in [2.24, 2.45) is 5.73 Å². The quantitative estimate of drug-likeness (QED) is 0.462. The second-order valence-corrected chi connectivity index (χ2v) is 7.55. The van der Waals surface area contributed by atoms with E-state index in [2.05, 4.69) is 5.32 Å². The van der Waals surface area contributed by atoms with Gasteiger partial charge in [0.05, 0.1) is 19.3 Å². The molecule has 2 heterocycles. The maximum atomic E-state index is 13.6. The Labute approximate surface area is 190 Å². The summed E-state index contributed by atoms with van der Waals surface area (Å²) in [6, 6.07) is 6.53. The average Bonchev–Trinajstić information content (AvgIpc) is 3.00. The molecule has 3 rings (SSSR count). The van der Waals surface area contributed by atoms with Crippen molar-refractivity contribution in [1.82, 2.24) is 0 Å². The van der Waals surface area contributed by atoms with E-state index in [0.717, 1.165) is 0 Å². The number of esters is 3. The fourth-order valence-electron chi connectivity index (χ4n) is 3.97. The number of hydrogen-bond donors (Lipinski definition) is 2. The maximum absolute atomic E-state index is 13.6. The molecule has 0 aliphatic carbocycles. The Kier molecular flexibility index (Phi) is 6.75. The number of hydrogen-bond acceptors (Lipinski definition) is 9. The number of benzene rings is 1. The van der Waals surface area contributed by atoms with Crippen molar-refractivity contribution < 1.29 is 38.1 Å². The zero-order valence-electron chi connectivity index (χ0n) is 18.9. The van der Waals surface area contributed by atoms with Gasteiger partial charge >= 0.3 is 17.9 Å². The number of anilines is 1. The van der Waals surface area contributed by atoms with Gasteiger partial charge in [0.25, 0.3) is 0 Å².